The van der Waals surface area contributed by atoms with Gasteiger partial charge in [-0.05, 0) is 30.5 Å². The summed E-state index contributed by atoms with van der Waals surface area (Å²) in [6, 6.07) is 15.9. The maximum atomic E-state index is 3.59. The summed E-state index contributed by atoms with van der Waals surface area (Å²) in [5.41, 5.74) is 6.92. The van der Waals surface area contributed by atoms with Gasteiger partial charge in [0.05, 0.1) is 6.04 Å². The zero-order chi connectivity index (χ0) is 11.8. The van der Waals surface area contributed by atoms with E-state index in [0.29, 0.717) is 6.04 Å². The molecule has 0 radical (unpaired) electrons. The van der Waals surface area contributed by atoms with Crippen molar-refractivity contribution in [1.29, 1.82) is 0 Å². The number of rotatable bonds is 1. The molecular weight excluding hydrogens is 206 g/mol. The van der Waals surface area contributed by atoms with Gasteiger partial charge in [0.25, 0.3) is 0 Å². The van der Waals surface area contributed by atoms with Crippen LogP contribution in [0.25, 0.3) is 0 Å². The Morgan fingerprint density at radius 1 is 1.00 bits per heavy atom. The summed E-state index contributed by atoms with van der Waals surface area (Å²) in [4.78, 5) is 0. The summed E-state index contributed by atoms with van der Waals surface area (Å²) in [5, 5.41) is 3.59. The van der Waals surface area contributed by atoms with E-state index in [1.165, 1.54) is 27.8 Å². The van der Waals surface area contributed by atoms with E-state index in [9.17, 15) is 0 Å². The molecule has 0 amide bonds. The lowest BCUT2D eigenvalue weighted by molar-refractivity contribution is 0.666. The number of aryl methyl sites for hydroxylation is 2. The lowest BCUT2D eigenvalue weighted by Crippen LogP contribution is -2.13. The largest absolute Gasteiger partial charge is 0.302 e. The highest BCUT2D eigenvalue weighted by atomic mass is 14.9. The van der Waals surface area contributed by atoms with Crippen LogP contribution in [0.15, 0.2) is 42.5 Å². The van der Waals surface area contributed by atoms with Crippen LogP contribution >= 0.6 is 0 Å². The minimum Gasteiger partial charge on any atom is -0.302 e. The highest BCUT2D eigenvalue weighted by molar-refractivity contribution is 5.43. The standard InChI is InChI=1S/C16H17N/c1-11-7-12(2)9-14(8-11)16-15-6-4-3-5-13(15)10-17-16/h3-9,16-17H,10H2,1-2H3. The van der Waals surface area contributed by atoms with Gasteiger partial charge in [0, 0.05) is 6.54 Å². The zero-order valence-electron chi connectivity index (χ0n) is 10.3. The van der Waals surface area contributed by atoms with Crippen LogP contribution in [0.1, 0.15) is 33.9 Å². The second kappa shape index (κ2) is 4.01. The molecule has 1 heterocycles. The van der Waals surface area contributed by atoms with E-state index >= 15 is 0 Å². The van der Waals surface area contributed by atoms with Gasteiger partial charge in [0.1, 0.15) is 0 Å². The zero-order valence-corrected chi connectivity index (χ0v) is 10.3. The normalized spacial score (nSPS) is 18.1. The molecule has 0 aliphatic carbocycles. The Morgan fingerprint density at radius 2 is 1.71 bits per heavy atom. The summed E-state index contributed by atoms with van der Waals surface area (Å²) in [5.74, 6) is 0. The first-order valence-corrected chi connectivity index (χ1v) is 6.13. The fourth-order valence-corrected chi connectivity index (χ4v) is 2.77. The maximum absolute atomic E-state index is 3.59. The van der Waals surface area contributed by atoms with E-state index in [-0.39, 0.29) is 0 Å². The lowest BCUT2D eigenvalue weighted by atomic mass is 9.96. The third-order valence-electron chi connectivity index (χ3n) is 3.44. The Hall–Kier alpha value is -1.60. The molecule has 3 rings (SSSR count). The Morgan fingerprint density at radius 3 is 2.47 bits per heavy atom. The van der Waals surface area contributed by atoms with Gasteiger partial charge in [-0.1, -0.05) is 53.6 Å². The predicted molar refractivity (Wildman–Crippen MR) is 71.0 cm³/mol. The fourth-order valence-electron chi connectivity index (χ4n) is 2.77. The van der Waals surface area contributed by atoms with Gasteiger partial charge in [-0.25, -0.2) is 0 Å². The van der Waals surface area contributed by atoms with E-state index in [1.807, 2.05) is 0 Å². The van der Waals surface area contributed by atoms with E-state index in [1.54, 1.807) is 0 Å². The van der Waals surface area contributed by atoms with Crippen LogP contribution < -0.4 is 5.32 Å². The van der Waals surface area contributed by atoms with Gasteiger partial charge in [-0.2, -0.15) is 0 Å². The molecule has 1 N–H and O–H groups in total. The number of hydrogen-bond acceptors (Lipinski definition) is 1. The van der Waals surface area contributed by atoms with Gasteiger partial charge in [-0.15, -0.1) is 0 Å². The fraction of sp³-hybridized carbons (Fsp3) is 0.250. The molecule has 2 aromatic rings. The molecule has 1 unspecified atom stereocenters. The summed E-state index contributed by atoms with van der Waals surface area (Å²) in [6.45, 7) is 5.31. The maximum Gasteiger partial charge on any atom is 0.0582 e. The predicted octanol–water partition coefficient (Wildman–Crippen LogP) is 3.50. The second-order valence-electron chi connectivity index (χ2n) is 4.93. The van der Waals surface area contributed by atoms with E-state index in [2.05, 4.69) is 61.6 Å². The molecule has 2 aromatic carbocycles. The number of benzene rings is 2. The molecule has 17 heavy (non-hydrogen) atoms. The summed E-state index contributed by atoms with van der Waals surface area (Å²) in [7, 11) is 0. The third kappa shape index (κ3) is 1.87. The molecule has 1 atom stereocenters. The van der Waals surface area contributed by atoms with Crippen LogP contribution in [0.3, 0.4) is 0 Å². The van der Waals surface area contributed by atoms with Crippen molar-refractivity contribution >= 4 is 0 Å². The van der Waals surface area contributed by atoms with Crippen molar-refractivity contribution < 1.29 is 0 Å². The van der Waals surface area contributed by atoms with Crippen LogP contribution in [-0.2, 0) is 6.54 Å². The molecule has 86 valence electrons. The van der Waals surface area contributed by atoms with E-state index < -0.39 is 0 Å². The average molecular weight is 223 g/mol. The summed E-state index contributed by atoms with van der Waals surface area (Å²) < 4.78 is 0. The van der Waals surface area contributed by atoms with Crippen molar-refractivity contribution in [2.45, 2.75) is 26.4 Å². The number of nitrogens with one attached hydrogen (secondary N) is 1. The second-order valence-corrected chi connectivity index (χ2v) is 4.93. The Bertz CT molecular complexity index is 537. The van der Waals surface area contributed by atoms with Crippen LogP contribution in [0.2, 0.25) is 0 Å². The monoisotopic (exact) mass is 223 g/mol. The molecule has 1 nitrogen and oxygen atoms in total. The van der Waals surface area contributed by atoms with Crippen molar-refractivity contribution in [3.05, 3.63) is 70.3 Å². The molecule has 0 saturated carbocycles. The first kappa shape index (κ1) is 10.5. The molecule has 1 aliphatic heterocycles. The molecule has 1 heteroatoms. The smallest absolute Gasteiger partial charge is 0.0582 e. The minimum atomic E-state index is 0.366. The Balaban J connectivity index is 2.06. The quantitative estimate of drug-likeness (QED) is 0.780. The van der Waals surface area contributed by atoms with Crippen LogP contribution in [-0.4, -0.2) is 0 Å². The lowest BCUT2D eigenvalue weighted by Gasteiger charge is -2.14. The molecule has 0 saturated heterocycles. The van der Waals surface area contributed by atoms with Gasteiger partial charge < -0.3 is 5.32 Å². The van der Waals surface area contributed by atoms with E-state index in [0.717, 1.165) is 6.54 Å². The van der Waals surface area contributed by atoms with Gasteiger partial charge in [-0.3, -0.25) is 0 Å². The van der Waals surface area contributed by atoms with Crippen LogP contribution in [0.5, 0.6) is 0 Å². The number of fused-ring (bicyclic) bond motifs is 1. The third-order valence-corrected chi connectivity index (χ3v) is 3.44. The van der Waals surface area contributed by atoms with E-state index in [4.69, 9.17) is 0 Å². The van der Waals surface area contributed by atoms with Gasteiger partial charge >= 0.3 is 0 Å². The first-order valence-electron chi connectivity index (χ1n) is 6.13. The molecule has 1 aliphatic rings. The van der Waals surface area contributed by atoms with Gasteiger partial charge in [0.2, 0.25) is 0 Å². The highest BCUT2D eigenvalue weighted by Gasteiger charge is 2.22. The minimum absolute atomic E-state index is 0.366. The molecular formula is C16H17N. The Kier molecular flexibility index (Phi) is 2.49. The van der Waals surface area contributed by atoms with Crippen molar-refractivity contribution in [1.82, 2.24) is 5.32 Å². The van der Waals surface area contributed by atoms with Crippen molar-refractivity contribution in [3.8, 4) is 0 Å². The average Bonchev–Trinajstić information content (AvgIpc) is 2.71. The molecule has 0 fully saturated rings. The van der Waals surface area contributed by atoms with Crippen molar-refractivity contribution in [3.63, 3.8) is 0 Å². The molecule has 0 bridgehead atoms. The number of hydrogen-bond donors (Lipinski definition) is 1. The highest BCUT2D eigenvalue weighted by Crippen LogP contribution is 2.31. The van der Waals surface area contributed by atoms with Gasteiger partial charge in [0.15, 0.2) is 0 Å². The Labute approximate surface area is 102 Å². The summed E-state index contributed by atoms with van der Waals surface area (Å²) >= 11 is 0. The topological polar surface area (TPSA) is 12.0 Å². The van der Waals surface area contributed by atoms with Crippen LogP contribution in [0.4, 0.5) is 0 Å². The first-order chi connectivity index (χ1) is 8.24. The van der Waals surface area contributed by atoms with Crippen LogP contribution in [0, 0.1) is 13.8 Å². The summed E-state index contributed by atoms with van der Waals surface area (Å²) in [6.07, 6.45) is 0. The SMILES string of the molecule is Cc1cc(C)cc(C2NCc3ccccc32)c1. The van der Waals surface area contributed by atoms with Crippen molar-refractivity contribution in [2.24, 2.45) is 0 Å². The molecule has 0 spiro atoms. The molecule has 0 aromatic heterocycles. The van der Waals surface area contributed by atoms with Crippen molar-refractivity contribution in [2.75, 3.05) is 0 Å².